The van der Waals surface area contributed by atoms with E-state index in [9.17, 15) is 4.79 Å². The second kappa shape index (κ2) is 13.0. The summed E-state index contributed by atoms with van der Waals surface area (Å²) in [7, 11) is 3.18. The zero-order valence-electron chi connectivity index (χ0n) is 15.1. The molecule has 24 heavy (non-hydrogen) atoms. The van der Waals surface area contributed by atoms with E-state index in [4.69, 9.17) is 0 Å². The van der Waals surface area contributed by atoms with E-state index < -0.39 is 0 Å². The monoisotopic (exact) mass is 447 g/mol. The van der Waals surface area contributed by atoms with E-state index in [1.807, 2.05) is 0 Å². The summed E-state index contributed by atoms with van der Waals surface area (Å²) in [5, 5.41) is 6.61. The standard InChI is InChI=1S/C18H29N3O2.HI/c1-14-8-7-9-16(12-14)15(2)13-21-18(19-3)20-11-6-5-10-17(22)23-4;/h7-9,12,15H,5-6,10-11,13H2,1-4H3,(H2,19,20,21);1H. The lowest BCUT2D eigenvalue weighted by molar-refractivity contribution is -0.140. The Hall–Kier alpha value is -1.31. The van der Waals surface area contributed by atoms with Gasteiger partial charge in [0.2, 0.25) is 0 Å². The number of aryl methyl sites for hydroxylation is 1. The molecule has 0 amide bonds. The molecule has 0 saturated carbocycles. The molecule has 1 atom stereocenters. The highest BCUT2D eigenvalue weighted by Gasteiger charge is 2.07. The maximum absolute atomic E-state index is 11.0. The predicted molar refractivity (Wildman–Crippen MR) is 110 cm³/mol. The first-order chi connectivity index (χ1) is 11.1. The van der Waals surface area contributed by atoms with Gasteiger partial charge in [-0.25, -0.2) is 0 Å². The van der Waals surface area contributed by atoms with E-state index in [1.54, 1.807) is 7.05 Å². The molecule has 0 aliphatic heterocycles. The average molecular weight is 447 g/mol. The molecule has 5 nitrogen and oxygen atoms in total. The van der Waals surface area contributed by atoms with Crippen LogP contribution in [0.15, 0.2) is 29.3 Å². The quantitative estimate of drug-likeness (QED) is 0.211. The minimum absolute atomic E-state index is 0. The predicted octanol–water partition coefficient (Wildman–Crippen LogP) is 3.22. The van der Waals surface area contributed by atoms with Crippen molar-refractivity contribution in [2.24, 2.45) is 4.99 Å². The Morgan fingerprint density at radius 2 is 2.04 bits per heavy atom. The van der Waals surface area contributed by atoms with Gasteiger partial charge in [-0.1, -0.05) is 36.8 Å². The lowest BCUT2D eigenvalue weighted by Crippen LogP contribution is -2.39. The van der Waals surface area contributed by atoms with Crippen molar-refractivity contribution >= 4 is 35.9 Å². The van der Waals surface area contributed by atoms with Crippen LogP contribution in [0.5, 0.6) is 0 Å². The van der Waals surface area contributed by atoms with Crippen LogP contribution >= 0.6 is 24.0 Å². The molecular formula is C18H30IN3O2. The number of unbranched alkanes of at least 4 members (excludes halogenated alkanes) is 1. The number of carbonyl (C=O) groups is 1. The summed E-state index contributed by atoms with van der Waals surface area (Å²) >= 11 is 0. The smallest absolute Gasteiger partial charge is 0.305 e. The van der Waals surface area contributed by atoms with Crippen LogP contribution in [0.2, 0.25) is 0 Å². The van der Waals surface area contributed by atoms with Gasteiger partial charge in [0.25, 0.3) is 0 Å². The number of nitrogens with one attached hydrogen (secondary N) is 2. The number of methoxy groups -OCH3 is 1. The number of aliphatic imine (C=N–C) groups is 1. The van der Waals surface area contributed by atoms with Crippen LogP contribution in [0.1, 0.15) is 43.2 Å². The van der Waals surface area contributed by atoms with Crippen molar-refractivity contribution in [2.45, 2.75) is 39.0 Å². The van der Waals surface area contributed by atoms with E-state index in [0.29, 0.717) is 12.3 Å². The summed E-state index contributed by atoms with van der Waals surface area (Å²) in [6.45, 7) is 5.92. The summed E-state index contributed by atoms with van der Waals surface area (Å²) in [6.07, 6.45) is 2.19. The van der Waals surface area contributed by atoms with Gasteiger partial charge in [0, 0.05) is 26.6 Å². The first-order valence-electron chi connectivity index (χ1n) is 8.14. The molecule has 0 spiro atoms. The molecule has 0 aliphatic carbocycles. The number of hydrogen-bond acceptors (Lipinski definition) is 3. The molecular weight excluding hydrogens is 417 g/mol. The van der Waals surface area contributed by atoms with Gasteiger partial charge in [-0.2, -0.15) is 0 Å². The molecule has 0 heterocycles. The van der Waals surface area contributed by atoms with Gasteiger partial charge in [-0.15, -0.1) is 24.0 Å². The van der Waals surface area contributed by atoms with Gasteiger partial charge in [-0.05, 0) is 31.2 Å². The Balaban J connectivity index is 0.00000529. The summed E-state index contributed by atoms with van der Waals surface area (Å²) < 4.78 is 4.62. The fourth-order valence-corrected chi connectivity index (χ4v) is 2.27. The Kier molecular flexibility index (Phi) is 12.3. The number of guanidine groups is 1. The molecule has 0 saturated heterocycles. The molecule has 6 heteroatoms. The van der Waals surface area contributed by atoms with Crippen molar-refractivity contribution in [2.75, 3.05) is 27.2 Å². The van der Waals surface area contributed by atoms with Crippen LogP contribution in [-0.4, -0.2) is 39.2 Å². The van der Waals surface area contributed by atoms with Crippen LogP contribution in [0.4, 0.5) is 0 Å². The van der Waals surface area contributed by atoms with Gasteiger partial charge in [-0.3, -0.25) is 9.79 Å². The first-order valence-corrected chi connectivity index (χ1v) is 8.14. The lowest BCUT2D eigenvalue weighted by Gasteiger charge is -2.16. The molecule has 136 valence electrons. The maximum atomic E-state index is 11.0. The van der Waals surface area contributed by atoms with Crippen molar-refractivity contribution in [3.63, 3.8) is 0 Å². The van der Waals surface area contributed by atoms with E-state index in [1.165, 1.54) is 18.2 Å². The second-order valence-corrected chi connectivity index (χ2v) is 5.73. The van der Waals surface area contributed by atoms with Crippen molar-refractivity contribution in [1.29, 1.82) is 0 Å². The minimum Gasteiger partial charge on any atom is -0.469 e. The van der Waals surface area contributed by atoms with Gasteiger partial charge < -0.3 is 15.4 Å². The molecule has 0 fully saturated rings. The number of hydrogen-bond donors (Lipinski definition) is 2. The van der Waals surface area contributed by atoms with Crippen LogP contribution in [0.3, 0.4) is 0 Å². The molecule has 1 unspecified atom stereocenters. The largest absolute Gasteiger partial charge is 0.469 e. The lowest BCUT2D eigenvalue weighted by atomic mass is 9.99. The third-order valence-electron chi connectivity index (χ3n) is 3.74. The van der Waals surface area contributed by atoms with Crippen LogP contribution in [0.25, 0.3) is 0 Å². The van der Waals surface area contributed by atoms with Crippen molar-refractivity contribution < 1.29 is 9.53 Å². The normalized spacial score (nSPS) is 12.1. The molecule has 1 aromatic carbocycles. The highest BCUT2D eigenvalue weighted by molar-refractivity contribution is 14.0. The van der Waals surface area contributed by atoms with Crippen molar-refractivity contribution in [3.8, 4) is 0 Å². The molecule has 1 aromatic rings. The number of carbonyl (C=O) groups excluding carboxylic acids is 1. The van der Waals surface area contributed by atoms with Crippen molar-refractivity contribution in [3.05, 3.63) is 35.4 Å². The number of nitrogens with zero attached hydrogens (tertiary/aromatic N) is 1. The molecule has 0 bridgehead atoms. The third kappa shape index (κ3) is 9.10. The summed E-state index contributed by atoms with van der Waals surface area (Å²) in [5.41, 5.74) is 2.61. The highest BCUT2D eigenvalue weighted by atomic mass is 127. The van der Waals surface area contributed by atoms with Crippen LogP contribution < -0.4 is 10.6 Å². The summed E-state index contributed by atoms with van der Waals surface area (Å²) in [6, 6.07) is 8.58. The Bertz CT molecular complexity index is 521. The molecule has 0 aromatic heterocycles. The van der Waals surface area contributed by atoms with Gasteiger partial charge in [0.1, 0.15) is 0 Å². The summed E-state index contributed by atoms with van der Waals surface area (Å²) in [5.74, 6) is 1.05. The third-order valence-corrected chi connectivity index (χ3v) is 3.74. The maximum Gasteiger partial charge on any atom is 0.305 e. The van der Waals surface area contributed by atoms with E-state index in [-0.39, 0.29) is 29.9 Å². The van der Waals surface area contributed by atoms with Gasteiger partial charge >= 0.3 is 5.97 Å². The molecule has 2 N–H and O–H groups in total. The SMILES string of the molecule is CN=C(NCCCCC(=O)OC)NCC(C)c1cccc(C)c1.I. The molecule has 1 rings (SSSR count). The van der Waals surface area contributed by atoms with E-state index >= 15 is 0 Å². The number of ether oxygens (including phenoxy) is 1. The van der Waals surface area contributed by atoms with Gasteiger partial charge in [0.15, 0.2) is 5.96 Å². The highest BCUT2D eigenvalue weighted by Crippen LogP contribution is 2.15. The Morgan fingerprint density at radius 3 is 2.67 bits per heavy atom. The van der Waals surface area contributed by atoms with E-state index in [2.05, 4.69) is 58.5 Å². The Labute approximate surface area is 162 Å². The van der Waals surface area contributed by atoms with E-state index in [0.717, 1.165) is 31.9 Å². The minimum atomic E-state index is -0.153. The molecule has 0 radical (unpaired) electrons. The number of esters is 1. The number of benzene rings is 1. The fourth-order valence-electron chi connectivity index (χ4n) is 2.27. The van der Waals surface area contributed by atoms with Crippen LogP contribution in [-0.2, 0) is 9.53 Å². The number of rotatable bonds is 8. The Morgan fingerprint density at radius 1 is 1.29 bits per heavy atom. The average Bonchev–Trinajstić information content (AvgIpc) is 2.56. The zero-order chi connectivity index (χ0) is 17.1. The van der Waals surface area contributed by atoms with Crippen LogP contribution in [0, 0.1) is 6.92 Å². The van der Waals surface area contributed by atoms with Crippen molar-refractivity contribution in [1.82, 2.24) is 10.6 Å². The first kappa shape index (κ1) is 22.7. The zero-order valence-corrected chi connectivity index (χ0v) is 17.4. The fraction of sp³-hybridized carbons (Fsp3) is 0.556. The molecule has 0 aliphatic rings. The summed E-state index contributed by atoms with van der Waals surface area (Å²) in [4.78, 5) is 15.2. The second-order valence-electron chi connectivity index (χ2n) is 5.73. The number of halogens is 1. The topological polar surface area (TPSA) is 62.7 Å². The van der Waals surface area contributed by atoms with Gasteiger partial charge in [0.05, 0.1) is 7.11 Å².